The van der Waals surface area contributed by atoms with Gasteiger partial charge in [0.2, 0.25) is 0 Å². The molecule has 0 radical (unpaired) electrons. The largest absolute Gasteiger partial charge is 0.469 e. The van der Waals surface area contributed by atoms with E-state index in [9.17, 15) is 18.0 Å². The topological polar surface area (TPSA) is 96.0 Å². The van der Waals surface area contributed by atoms with E-state index in [2.05, 4.69) is 4.74 Å². The number of hydrogen-bond acceptors (Lipinski definition) is 7. The number of carbonyl (C=O) groups is 2. The summed E-state index contributed by atoms with van der Waals surface area (Å²) < 4.78 is 40.1. The molecule has 0 aromatic rings. The maximum absolute atomic E-state index is 12.3. The second-order valence-electron chi connectivity index (χ2n) is 6.27. The minimum atomic E-state index is -3.54. The van der Waals surface area contributed by atoms with E-state index < -0.39 is 39.5 Å². The normalized spacial score (nSPS) is 31.4. The zero-order valence-corrected chi connectivity index (χ0v) is 13.9. The third kappa shape index (κ3) is 4.05. The predicted molar refractivity (Wildman–Crippen MR) is 76.8 cm³/mol. The van der Waals surface area contributed by atoms with Gasteiger partial charge in [-0.2, -0.15) is 0 Å². The molecule has 0 spiro atoms. The van der Waals surface area contributed by atoms with Gasteiger partial charge in [-0.05, 0) is 20.3 Å². The fraction of sp³-hybridized carbons (Fsp3) is 0.857. The molecule has 1 aliphatic heterocycles. The van der Waals surface area contributed by atoms with Gasteiger partial charge >= 0.3 is 5.97 Å². The van der Waals surface area contributed by atoms with Gasteiger partial charge in [-0.15, -0.1) is 0 Å². The second kappa shape index (κ2) is 6.25. The molecule has 3 atom stereocenters. The van der Waals surface area contributed by atoms with Crippen molar-refractivity contribution in [2.24, 2.45) is 11.8 Å². The SMILES string of the molecule is COC(=O)[C@H]1CCC(=O)[C@@H]1CS(=O)(=O)CC1COC(C)(C)O1. The van der Waals surface area contributed by atoms with Gasteiger partial charge in [-0.1, -0.05) is 0 Å². The van der Waals surface area contributed by atoms with Crippen LogP contribution in [-0.2, 0) is 33.6 Å². The Morgan fingerprint density at radius 1 is 1.36 bits per heavy atom. The van der Waals surface area contributed by atoms with E-state index >= 15 is 0 Å². The summed E-state index contributed by atoms with van der Waals surface area (Å²) in [7, 11) is -2.30. The summed E-state index contributed by atoms with van der Waals surface area (Å²) in [5.74, 6) is -3.54. The number of sulfone groups is 1. The van der Waals surface area contributed by atoms with E-state index in [0.29, 0.717) is 6.42 Å². The van der Waals surface area contributed by atoms with Crippen molar-refractivity contribution in [3.63, 3.8) is 0 Å². The average molecular weight is 334 g/mol. The van der Waals surface area contributed by atoms with Crippen LogP contribution in [0.4, 0.5) is 0 Å². The lowest BCUT2D eigenvalue weighted by atomic mass is 9.98. The van der Waals surface area contributed by atoms with Crippen LogP contribution in [0.5, 0.6) is 0 Å². The van der Waals surface area contributed by atoms with Crippen LogP contribution in [0.1, 0.15) is 26.7 Å². The molecule has 2 fully saturated rings. The first-order chi connectivity index (χ1) is 10.1. The molecule has 1 unspecified atom stereocenters. The lowest BCUT2D eigenvalue weighted by Crippen LogP contribution is -2.34. The van der Waals surface area contributed by atoms with E-state index in [1.54, 1.807) is 13.8 Å². The number of esters is 1. The number of carbonyl (C=O) groups excluding carboxylic acids is 2. The molecule has 0 aromatic heterocycles. The van der Waals surface area contributed by atoms with Crippen molar-refractivity contribution >= 4 is 21.6 Å². The Morgan fingerprint density at radius 2 is 2.05 bits per heavy atom. The van der Waals surface area contributed by atoms with Crippen LogP contribution in [0.15, 0.2) is 0 Å². The summed E-state index contributed by atoms with van der Waals surface area (Å²) in [6.07, 6.45) is 0.0192. The van der Waals surface area contributed by atoms with Crippen molar-refractivity contribution in [1.29, 1.82) is 0 Å². The number of methoxy groups -OCH3 is 1. The highest BCUT2D eigenvalue weighted by atomic mass is 32.2. The first-order valence-corrected chi connectivity index (χ1v) is 9.08. The van der Waals surface area contributed by atoms with Crippen molar-refractivity contribution < 1.29 is 32.2 Å². The molecule has 1 aliphatic carbocycles. The van der Waals surface area contributed by atoms with Gasteiger partial charge < -0.3 is 14.2 Å². The Balaban J connectivity index is 2.01. The zero-order chi connectivity index (χ0) is 16.5. The van der Waals surface area contributed by atoms with Gasteiger partial charge in [0.05, 0.1) is 37.2 Å². The van der Waals surface area contributed by atoms with Crippen LogP contribution in [0.3, 0.4) is 0 Å². The summed E-state index contributed by atoms with van der Waals surface area (Å²) in [6, 6.07) is 0. The standard InChI is InChI=1S/C14H22O7S/c1-14(2)20-6-9(21-14)7-22(17,18)8-11-10(13(16)19-3)4-5-12(11)15/h9-11H,4-8H2,1-3H3/t9?,10-,11+/m0/s1. The summed E-state index contributed by atoms with van der Waals surface area (Å²) in [5.41, 5.74) is 0. The fourth-order valence-corrected chi connectivity index (χ4v) is 4.85. The number of rotatable bonds is 5. The first-order valence-electron chi connectivity index (χ1n) is 7.26. The minimum Gasteiger partial charge on any atom is -0.469 e. The number of Topliss-reactive ketones (excluding diaryl/α,β-unsaturated/α-hetero) is 1. The lowest BCUT2D eigenvalue weighted by molar-refractivity contribution is -0.147. The highest BCUT2D eigenvalue weighted by Gasteiger charge is 2.43. The Morgan fingerprint density at radius 3 is 2.59 bits per heavy atom. The molecule has 8 heteroatoms. The number of hydrogen-bond donors (Lipinski definition) is 0. The maximum Gasteiger partial charge on any atom is 0.309 e. The average Bonchev–Trinajstić information content (AvgIpc) is 2.91. The quantitative estimate of drug-likeness (QED) is 0.668. The molecule has 0 amide bonds. The molecule has 0 aromatic carbocycles. The summed E-state index contributed by atoms with van der Waals surface area (Å²) in [5, 5.41) is 0. The highest BCUT2D eigenvalue weighted by Crippen LogP contribution is 2.32. The first kappa shape index (κ1) is 17.4. The summed E-state index contributed by atoms with van der Waals surface area (Å²) >= 11 is 0. The van der Waals surface area contributed by atoms with Gasteiger partial charge in [-0.25, -0.2) is 8.42 Å². The van der Waals surface area contributed by atoms with Crippen molar-refractivity contribution in [2.75, 3.05) is 25.2 Å². The molecule has 1 heterocycles. The Labute approximate surface area is 130 Å². The van der Waals surface area contributed by atoms with E-state index in [1.165, 1.54) is 7.11 Å². The van der Waals surface area contributed by atoms with Gasteiger partial charge in [0.15, 0.2) is 15.6 Å². The molecule has 2 aliphatic rings. The summed E-state index contributed by atoms with van der Waals surface area (Å²) in [4.78, 5) is 23.6. The smallest absolute Gasteiger partial charge is 0.309 e. The monoisotopic (exact) mass is 334 g/mol. The van der Waals surface area contributed by atoms with Gasteiger partial charge in [0.1, 0.15) is 5.78 Å². The van der Waals surface area contributed by atoms with E-state index in [0.717, 1.165) is 0 Å². The molecule has 1 saturated carbocycles. The molecule has 7 nitrogen and oxygen atoms in total. The highest BCUT2D eigenvalue weighted by molar-refractivity contribution is 7.91. The Hall–Kier alpha value is -0.990. The van der Waals surface area contributed by atoms with Gasteiger partial charge in [-0.3, -0.25) is 9.59 Å². The van der Waals surface area contributed by atoms with Crippen molar-refractivity contribution in [2.45, 2.75) is 38.6 Å². The van der Waals surface area contributed by atoms with Crippen LogP contribution in [0.25, 0.3) is 0 Å². The molecule has 2 rings (SSSR count). The third-order valence-corrected chi connectivity index (χ3v) is 5.79. The zero-order valence-electron chi connectivity index (χ0n) is 13.0. The fourth-order valence-electron chi connectivity index (χ4n) is 3.02. The molecular weight excluding hydrogens is 312 g/mol. The Kier molecular flexibility index (Phi) is 4.93. The number of ether oxygens (including phenoxy) is 3. The third-order valence-electron chi connectivity index (χ3n) is 4.05. The van der Waals surface area contributed by atoms with Crippen LogP contribution < -0.4 is 0 Å². The van der Waals surface area contributed by atoms with Crippen molar-refractivity contribution in [3.8, 4) is 0 Å². The molecule has 22 heavy (non-hydrogen) atoms. The van der Waals surface area contributed by atoms with Crippen LogP contribution in [-0.4, -0.2) is 57.3 Å². The van der Waals surface area contributed by atoms with Crippen LogP contribution in [0.2, 0.25) is 0 Å². The van der Waals surface area contributed by atoms with E-state index in [4.69, 9.17) is 9.47 Å². The van der Waals surface area contributed by atoms with Gasteiger partial charge in [0.25, 0.3) is 0 Å². The summed E-state index contributed by atoms with van der Waals surface area (Å²) in [6.45, 7) is 3.63. The Bertz CT molecular complexity index is 552. The van der Waals surface area contributed by atoms with Crippen LogP contribution in [0, 0.1) is 11.8 Å². The maximum atomic E-state index is 12.3. The minimum absolute atomic E-state index is 0.192. The molecular formula is C14H22O7S. The van der Waals surface area contributed by atoms with Gasteiger partial charge in [0, 0.05) is 12.3 Å². The predicted octanol–water partition coefficient (Wildman–Crippen LogP) is 0.321. The number of ketones is 1. The van der Waals surface area contributed by atoms with E-state index in [-0.39, 0.29) is 30.3 Å². The van der Waals surface area contributed by atoms with Crippen LogP contribution >= 0.6 is 0 Å². The molecule has 0 bridgehead atoms. The lowest BCUT2D eigenvalue weighted by Gasteiger charge is -2.19. The molecule has 0 N–H and O–H groups in total. The van der Waals surface area contributed by atoms with E-state index in [1.807, 2.05) is 0 Å². The second-order valence-corrected chi connectivity index (χ2v) is 8.42. The molecule has 126 valence electrons. The molecule has 1 saturated heterocycles. The van der Waals surface area contributed by atoms with Crippen molar-refractivity contribution in [1.82, 2.24) is 0 Å². The van der Waals surface area contributed by atoms with Crippen molar-refractivity contribution in [3.05, 3.63) is 0 Å².